The maximum atomic E-state index is 11.9. The van der Waals surface area contributed by atoms with Crippen molar-refractivity contribution in [3.63, 3.8) is 0 Å². The van der Waals surface area contributed by atoms with E-state index in [1.165, 1.54) is 12.9 Å². The number of ether oxygens (including phenoxy) is 1. The molecule has 2 heterocycles. The van der Waals surface area contributed by atoms with E-state index in [0.717, 1.165) is 4.57 Å². The van der Waals surface area contributed by atoms with E-state index < -0.39 is 37.1 Å². The highest BCUT2D eigenvalue weighted by Gasteiger charge is 2.35. The van der Waals surface area contributed by atoms with Gasteiger partial charge in [0, 0.05) is 31.9 Å². The van der Waals surface area contributed by atoms with Gasteiger partial charge in [-0.25, -0.2) is 4.79 Å². The Labute approximate surface area is 143 Å². The van der Waals surface area contributed by atoms with Crippen LogP contribution in [0.1, 0.15) is 31.1 Å². The number of rotatable bonds is 5. The Kier molecular flexibility index (Phi) is 6.38. The highest BCUT2D eigenvalue weighted by Crippen LogP contribution is 2.35. The van der Waals surface area contributed by atoms with Crippen LogP contribution in [0.3, 0.4) is 0 Å². The maximum Gasteiger partial charge on any atom is 0.330 e. The Hall–Kier alpha value is -1.69. The standard InChI is InChI=1S/C15H21N2O7P/c1-25(22,23)6-4-2-3-5-10-8-17(15(21)16-14(10)20)13-7-11(19)12(9-18)24-13/h8,11-13,18-19H,2,4,6-7,9H2,1H3,(H,22,23)(H,16,20,21). The zero-order valence-corrected chi connectivity index (χ0v) is 14.6. The molecule has 9 nitrogen and oxygen atoms in total. The first-order valence-corrected chi connectivity index (χ1v) is 10.1. The molecule has 0 bridgehead atoms. The van der Waals surface area contributed by atoms with Gasteiger partial charge in [-0.3, -0.25) is 18.9 Å². The largest absolute Gasteiger partial charge is 0.394 e. The van der Waals surface area contributed by atoms with E-state index in [9.17, 15) is 24.2 Å². The molecule has 1 aliphatic heterocycles. The van der Waals surface area contributed by atoms with E-state index >= 15 is 0 Å². The molecule has 138 valence electrons. The molecule has 1 aromatic heterocycles. The maximum absolute atomic E-state index is 11.9. The molecule has 10 heteroatoms. The van der Waals surface area contributed by atoms with Crippen LogP contribution >= 0.6 is 7.37 Å². The second-order valence-electron chi connectivity index (χ2n) is 6.00. The monoisotopic (exact) mass is 372 g/mol. The van der Waals surface area contributed by atoms with Gasteiger partial charge >= 0.3 is 5.69 Å². The van der Waals surface area contributed by atoms with E-state index in [1.807, 2.05) is 0 Å². The molecule has 1 aromatic rings. The lowest BCUT2D eigenvalue weighted by molar-refractivity contribution is -0.0459. The first-order valence-electron chi connectivity index (χ1n) is 7.79. The van der Waals surface area contributed by atoms with Gasteiger partial charge in [0.05, 0.1) is 12.7 Å². The molecule has 2 rings (SSSR count). The van der Waals surface area contributed by atoms with Gasteiger partial charge in [0.2, 0.25) is 0 Å². The molecule has 0 saturated carbocycles. The van der Waals surface area contributed by atoms with Crippen molar-refractivity contribution in [3.05, 3.63) is 32.6 Å². The predicted molar refractivity (Wildman–Crippen MR) is 89.7 cm³/mol. The first kappa shape index (κ1) is 19.6. The van der Waals surface area contributed by atoms with Gasteiger partial charge in [-0.05, 0) is 6.42 Å². The molecule has 25 heavy (non-hydrogen) atoms. The van der Waals surface area contributed by atoms with E-state index in [2.05, 4.69) is 16.8 Å². The zero-order chi connectivity index (χ0) is 18.6. The molecule has 1 saturated heterocycles. The quantitative estimate of drug-likeness (QED) is 0.301. The van der Waals surface area contributed by atoms with Crippen molar-refractivity contribution < 1.29 is 24.4 Å². The van der Waals surface area contributed by atoms with Crippen molar-refractivity contribution in [2.75, 3.05) is 19.4 Å². The van der Waals surface area contributed by atoms with Crippen molar-refractivity contribution in [1.29, 1.82) is 0 Å². The molecule has 0 radical (unpaired) electrons. The third-order valence-electron chi connectivity index (χ3n) is 3.76. The minimum absolute atomic E-state index is 0.0498. The number of hydrogen-bond donors (Lipinski definition) is 4. The summed E-state index contributed by atoms with van der Waals surface area (Å²) < 4.78 is 17.7. The predicted octanol–water partition coefficient (Wildman–Crippen LogP) is -0.791. The topological polar surface area (TPSA) is 142 Å². The number of aliphatic hydroxyl groups is 2. The summed E-state index contributed by atoms with van der Waals surface area (Å²) in [5, 5.41) is 18.9. The smallest absolute Gasteiger partial charge is 0.330 e. The molecule has 1 aliphatic rings. The number of aromatic nitrogens is 2. The van der Waals surface area contributed by atoms with Gasteiger partial charge in [-0.15, -0.1) is 0 Å². The van der Waals surface area contributed by atoms with Crippen LogP contribution < -0.4 is 11.2 Å². The molecule has 4 unspecified atom stereocenters. The summed E-state index contributed by atoms with van der Waals surface area (Å²) >= 11 is 0. The van der Waals surface area contributed by atoms with Crippen LogP contribution in [0.4, 0.5) is 0 Å². The molecule has 1 fully saturated rings. The van der Waals surface area contributed by atoms with Gasteiger partial charge in [-0.2, -0.15) is 0 Å². The van der Waals surface area contributed by atoms with Crippen molar-refractivity contribution in [2.45, 2.75) is 37.7 Å². The Morgan fingerprint density at radius 3 is 2.80 bits per heavy atom. The number of hydrogen-bond acceptors (Lipinski definition) is 6. The van der Waals surface area contributed by atoms with Gasteiger partial charge in [0.15, 0.2) is 7.37 Å². The van der Waals surface area contributed by atoms with Crippen molar-refractivity contribution in [1.82, 2.24) is 9.55 Å². The lowest BCUT2D eigenvalue weighted by atomic mass is 10.2. The summed E-state index contributed by atoms with van der Waals surface area (Å²) in [5.74, 6) is 5.37. The number of aromatic amines is 1. The number of nitrogens with one attached hydrogen (secondary N) is 1. The number of unbranched alkanes of at least 4 members (excludes halogenated alkanes) is 1. The average Bonchev–Trinajstić information content (AvgIpc) is 2.88. The van der Waals surface area contributed by atoms with Crippen LogP contribution in [-0.2, 0) is 9.30 Å². The molecule has 0 aliphatic carbocycles. The lowest BCUT2D eigenvalue weighted by Crippen LogP contribution is -2.33. The van der Waals surface area contributed by atoms with Crippen LogP contribution in [-0.4, -0.2) is 56.3 Å². The minimum atomic E-state index is -3.07. The van der Waals surface area contributed by atoms with Crippen LogP contribution in [0.25, 0.3) is 0 Å². The summed E-state index contributed by atoms with van der Waals surface area (Å²) in [6.45, 7) is 0.894. The Morgan fingerprint density at radius 1 is 1.48 bits per heavy atom. The lowest BCUT2D eigenvalue weighted by Gasteiger charge is -2.14. The normalized spacial score (nSPS) is 25.2. The molecule has 0 amide bonds. The van der Waals surface area contributed by atoms with Crippen LogP contribution in [0.5, 0.6) is 0 Å². The second-order valence-corrected chi connectivity index (χ2v) is 8.55. The van der Waals surface area contributed by atoms with Crippen LogP contribution in [0.2, 0.25) is 0 Å². The number of aliphatic hydroxyl groups excluding tert-OH is 2. The third-order valence-corrected chi connectivity index (χ3v) is 4.91. The second kappa shape index (κ2) is 8.13. The van der Waals surface area contributed by atoms with E-state index in [4.69, 9.17) is 9.84 Å². The van der Waals surface area contributed by atoms with Gasteiger partial charge in [0.1, 0.15) is 17.9 Å². The highest BCUT2D eigenvalue weighted by molar-refractivity contribution is 7.57. The molecule has 4 N–H and O–H groups in total. The minimum Gasteiger partial charge on any atom is -0.394 e. The van der Waals surface area contributed by atoms with Crippen LogP contribution in [0.15, 0.2) is 15.8 Å². The van der Waals surface area contributed by atoms with Gasteiger partial charge < -0.3 is 19.8 Å². The fraction of sp³-hybridized carbons (Fsp3) is 0.600. The SMILES string of the molecule is CP(=O)(O)CCCC#Cc1cn(C2CC(O)C(CO)O2)c(=O)[nH]c1=O. The molecule has 0 spiro atoms. The fourth-order valence-corrected chi connectivity index (χ4v) is 3.20. The summed E-state index contributed by atoms with van der Waals surface area (Å²) in [7, 11) is -3.07. The van der Waals surface area contributed by atoms with Gasteiger partial charge in [-0.1, -0.05) is 11.8 Å². The van der Waals surface area contributed by atoms with E-state index in [1.54, 1.807) is 0 Å². The Morgan fingerprint density at radius 2 is 2.20 bits per heavy atom. The average molecular weight is 372 g/mol. The molecule has 4 atom stereocenters. The van der Waals surface area contributed by atoms with E-state index in [0.29, 0.717) is 12.8 Å². The Bertz CT molecular complexity index is 829. The highest BCUT2D eigenvalue weighted by atomic mass is 31.2. The molecule has 0 aromatic carbocycles. The Balaban J connectivity index is 2.15. The summed E-state index contributed by atoms with van der Waals surface area (Å²) in [6, 6.07) is 0. The summed E-state index contributed by atoms with van der Waals surface area (Å²) in [4.78, 5) is 35.1. The number of H-pyrrole nitrogens is 1. The van der Waals surface area contributed by atoms with Gasteiger partial charge in [0.25, 0.3) is 5.56 Å². The molecular weight excluding hydrogens is 351 g/mol. The third kappa shape index (κ3) is 5.39. The summed E-state index contributed by atoms with van der Waals surface area (Å²) in [5.41, 5.74) is -1.29. The first-order chi connectivity index (χ1) is 11.7. The zero-order valence-electron chi connectivity index (χ0n) is 13.7. The van der Waals surface area contributed by atoms with Crippen LogP contribution in [0, 0.1) is 11.8 Å². The summed E-state index contributed by atoms with van der Waals surface area (Å²) in [6.07, 6.45) is -0.249. The fourth-order valence-electron chi connectivity index (χ4n) is 2.46. The van der Waals surface area contributed by atoms with Crippen molar-refractivity contribution >= 4 is 7.37 Å². The van der Waals surface area contributed by atoms with Crippen molar-refractivity contribution in [3.8, 4) is 11.8 Å². The van der Waals surface area contributed by atoms with E-state index in [-0.39, 0.29) is 24.8 Å². The van der Waals surface area contributed by atoms with Crippen molar-refractivity contribution in [2.24, 2.45) is 0 Å². The number of nitrogens with zero attached hydrogens (tertiary/aromatic N) is 1. The molecular formula is C15H21N2O7P.